The van der Waals surface area contributed by atoms with Crippen molar-refractivity contribution in [3.8, 4) is 0 Å². The van der Waals surface area contributed by atoms with E-state index < -0.39 is 17.8 Å². The average Bonchev–Trinajstić information content (AvgIpc) is 3.07. The van der Waals surface area contributed by atoms with Crippen LogP contribution in [0, 0.1) is 6.92 Å². The van der Waals surface area contributed by atoms with Crippen LogP contribution >= 0.6 is 11.3 Å². The van der Waals surface area contributed by atoms with Crippen LogP contribution in [-0.4, -0.2) is 34.5 Å². The maximum atomic E-state index is 12.4. The molecule has 0 aliphatic carbocycles. The number of carboxylic acids is 2. The van der Waals surface area contributed by atoms with Gasteiger partial charge in [0, 0.05) is 17.0 Å². The van der Waals surface area contributed by atoms with Gasteiger partial charge in [0.1, 0.15) is 0 Å². The number of nitrogens with zero attached hydrogens (tertiary/aromatic N) is 1. The van der Waals surface area contributed by atoms with Gasteiger partial charge in [-0.2, -0.15) is 0 Å². The first kappa shape index (κ1) is 21.0. The summed E-state index contributed by atoms with van der Waals surface area (Å²) < 4.78 is 0. The highest BCUT2D eigenvalue weighted by atomic mass is 32.1. The molecule has 154 valence electrons. The highest BCUT2D eigenvalue weighted by molar-refractivity contribution is 7.15. The van der Waals surface area contributed by atoms with E-state index in [0.717, 1.165) is 16.1 Å². The fourth-order valence-corrected chi connectivity index (χ4v) is 3.77. The molecular formula is C21H18N3O5S-. The van der Waals surface area contributed by atoms with Gasteiger partial charge >= 0.3 is 5.97 Å². The average molecular weight is 424 g/mol. The van der Waals surface area contributed by atoms with Crippen LogP contribution in [0.5, 0.6) is 0 Å². The Labute approximate surface area is 176 Å². The Morgan fingerprint density at radius 3 is 2.37 bits per heavy atom. The molecule has 0 fully saturated rings. The zero-order valence-electron chi connectivity index (χ0n) is 16.0. The molecule has 0 bridgehead atoms. The SMILES string of the molecule is Cc1nc(NCC(=O)[O-])sc1Cc1ccc(NC(=O)c2ccccc2C(=O)O)cc1. The number of aliphatic carboxylic acids is 1. The van der Waals surface area contributed by atoms with Gasteiger partial charge in [-0.15, -0.1) is 11.3 Å². The summed E-state index contributed by atoms with van der Waals surface area (Å²) in [5.74, 6) is -2.86. The van der Waals surface area contributed by atoms with E-state index in [9.17, 15) is 24.6 Å². The van der Waals surface area contributed by atoms with Gasteiger partial charge in [-0.05, 0) is 36.8 Å². The predicted octanol–water partition coefficient (Wildman–Crippen LogP) is 2.15. The summed E-state index contributed by atoms with van der Waals surface area (Å²) >= 11 is 1.37. The van der Waals surface area contributed by atoms with Crippen molar-refractivity contribution >= 4 is 40.0 Å². The summed E-state index contributed by atoms with van der Waals surface area (Å²) in [4.78, 5) is 39.6. The Bertz CT molecular complexity index is 1090. The first-order chi connectivity index (χ1) is 14.3. The monoisotopic (exact) mass is 424 g/mol. The normalized spacial score (nSPS) is 10.4. The summed E-state index contributed by atoms with van der Waals surface area (Å²) in [7, 11) is 0. The van der Waals surface area contributed by atoms with Crippen molar-refractivity contribution in [3.63, 3.8) is 0 Å². The lowest BCUT2D eigenvalue weighted by Gasteiger charge is -2.08. The molecule has 3 aromatic rings. The van der Waals surface area contributed by atoms with Gasteiger partial charge in [0.15, 0.2) is 5.13 Å². The molecule has 3 N–H and O–H groups in total. The van der Waals surface area contributed by atoms with Crippen LogP contribution in [0.25, 0.3) is 0 Å². The quantitative estimate of drug-likeness (QED) is 0.505. The summed E-state index contributed by atoms with van der Waals surface area (Å²) in [6, 6.07) is 13.2. The number of carboxylic acid groups (broad SMARTS) is 2. The molecule has 0 saturated carbocycles. The molecule has 0 aliphatic rings. The molecule has 1 heterocycles. The van der Waals surface area contributed by atoms with Crippen molar-refractivity contribution in [2.24, 2.45) is 0 Å². The van der Waals surface area contributed by atoms with Crippen LogP contribution in [0.1, 0.15) is 36.9 Å². The van der Waals surface area contributed by atoms with Gasteiger partial charge in [-0.1, -0.05) is 24.3 Å². The van der Waals surface area contributed by atoms with E-state index >= 15 is 0 Å². The molecule has 1 aromatic heterocycles. The van der Waals surface area contributed by atoms with Crippen molar-refractivity contribution in [3.05, 3.63) is 75.8 Å². The van der Waals surface area contributed by atoms with Crippen LogP contribution in [-0.2, 0) is 11.2 Å². The Morgan fingerprint density at radius 1 is 1.07 bits per heavy atom. The lowest BCUT2D eigenvalue weighted by molar-refractivity contribution is -0.302. The van der Waals surface area contributed by atoms with Gasteiger partial charge in [0.25, 0.3) is 5.91 Å². The van der Waals surface area contributed by atoms with E-state index in [1.54, 1.807) is 24.3 Å². The third-order valence-corrected chi connectivity index (χ3v) is 5.37. The van der Waals surface area contributed by atoms with Gasteiger partial charge in [0.05, 0.1) is 29.3 Å². The number of hydrogen-bond donors (Lipinski definition) is 3. The third kappa shape index (κ3) is 5.21. The van der Waals surface area contributed by atoms with E-state index in [0.29, 0.717) is 17.2 Å². The first-order valence-electron chi connectivity index (χ1n) is 8.96. The summed E-state index contributed by atoms with van der Waals surface area (Å²) in [6.07, 6.45) is 0.604. The van der Waals surface area contributed by atoms with Gasteiger partial charge in [-0.25, -0.2) is 9.78 Å². The van der Waals surface area contributed by atoms with E-state index in [2.05, 4.69) is 15.6 Å². The number of aromatic nitrogens is 1. The molecule has 9 heteroatoms. The van der Waals surface area contributed by atoms with E-state index in [1.165, 1.54) is 23.5 Å². The maximum Gasteiger partial charge on any atom is 0.336 e. The van der Waals surface area contributed by atoms with Crippen molar-refractivity contribution in [1.82, 2.24) is 4.98 Å². The molecule has 8 nitrogen and oxygen atoms in total. The summed E-state index contributed by atoms with van der Waals surface area (Å²) in [6.45, 7) is 1.55. The minimum absolute atomic E-state index is 0.0598. The number of aryl methyl sites for hydroxylation is 1. The number of benzene rings is 2. The Kier molecular flexibility index (Phi) is 6.43. The molecule has 0 saturated heterocycles. The van der Waals surface area contributed by atoms with Crippen molar-refractivity contribution in [1.29, 1.82) is 0 Å². The molecule has 0 unspecified atom stereocenters. The molecule has 1 amide bonds. The first-order valence-corrected chi connectivity index (χ1v) is 9.77. The summed E-state index contributed by atoms with van der Waals surface area (Å²) in [5.41, 5.74) is 2.36. The molecular weight excluding hydrogens is 406 g/mol. The fraction of sp³-hybridized carbons (Fsp3) is 0.143. The minimum Gasteiger partial charge on any atom is -0.548 e. The molecule has 0 atom stereocenters. The lowest BCUT2D eigenvalue weighted by atomic mass is 10.1. The number of rotatable bonds is 8. The van der Waals surface area contributed by atoms with E-state index in [1.807, 2.05) is 19.1 Å². The standard InChI is InChI=1S/C21H19N3O5S/c1-12-17(30-21(23-12)22-11-18(25)26)10-13-6-8-14(9-7-13)24-19(27)15-4-2-3-5-16(15)20(28)29/h2-9H,10-11H2,1H3,(H,22,23)(H,24,27)(H,25,26)(H,28,29)/p-1. The number of anilines is 2. The van der Waals surface area contributed by atoms with Crippen LogP contribution < -0.4 is 15.7 Å². The number of nitrogens with one attached hydrogen (secondary N) is 2. The Balaban J connectivity index is 1.67. The smallest absolute Gasteiger partial charge is 0.336 e. The lowest BCUT2D eigenvalue weighted by Crippen LogP contribution is -2.30. The number of carbonyl (C=O) groups excluding carboxylic acids is 2. The van der Waals surface area contributed by atoms with Crippen LogP contribution in [0.3, 0.4) is 0 Å². The second-order valence-corrected chi connectivity index (χ2v) is 7.52. The Morgan fingerprint density at radius 2 is 1.73 bits per heavy atom. The second kappa shape index (κ2) is 9.19. The number of hydrogen-bond acceptors (Lipinski definition) is 7. The van der Waals surface area contributed by atoms with Gasteiger partial charge < -0.3 is 25.6 Å². The Hall–Kier alpha value is -3.72. The van der Waals surface area contributed by atoms with Crippen molar-refractivity contribution < 1.29 is 24.6 Å². The molecule has 30 heavy (non-hydrogen) atoms. The number of carbonyl (C=O) groups is 3. The molecule has 2 aromatic carbocycles. The fourth-order valence-electron chi connectivity index (χ4n) is 2.77. The molecule has 3 rings (SSSR count). The van der Waals surface area contributed by atoms with Crippen LogP contribution in [0.2, 0.25) is 0 Å². The van der Waals surface area contributed by atoms with Crippen molar-refractivity contribution in [2.75, 3.05) is 17.2 Å². The number of amides is 1. The number of aromatic carboxylic acids is 1. The molecule has 0 spiro atoms. The third-order valence-electron chi connectivity index (χ3n) is 4.26. The minimum atomic E-state index is -1.20. The van der Waals surface area contributed by atoms with Gasteiger partial charge in [-0.3, -0.25) is 4.79 Å². The van der Waals surface area contributed by atoms with E-state index in [-0.39, 0.29) is 17.7 Å². The predicted molar refractivity (Wildman–Crippen MR) is 111 cm³/mol. The number of thiazole rings is 1. The van der Waals surface area contributed by atoms with Crippen molar-refractivity contribution in [2.45, 2.75) is 13.3 Å². The molecule has 0 aliphatic heterocycles. The zero-order valence-corrected chi connectivity index (χ0v) is 16.8. The summed E-state index contributed by atoms with van der Waals surface area (Å²) in [5, 5.41) is 25.7. The maximum absolute atomic E-state index is 12.4. The topological polar surface area (TPSA) is 131 Å². The highest BCUT2D eigenvalue weighted by Gasteiger charge is 2.16. The van der Waals surface area contributed by atoms with Gasteiger partial charge in [0.2, 0.25) is 0 Å². The highest BCUT2D eigenvalue weighted by Crippen LogP contribution is 2.25. The second-order valence-electron chi connectivity index (χ2n) is 6.43. The van der Waals surface area contributed by atoms with Crippen LogP contribution in [0.15, 0.2) is 48.5 Å². The van der Waals surface area contributed by atoms with E-state index in [4.69, 9.17) is 0 Å². The van der Waals surface area contributed by atoms with Crippen LogP contribution in [0.4, 0.5) is 10.8 Å². The zero-order chi connectivity index (χ0) is 21.7. The largest absolute Gasteiger partial charge is 0.548 e. The molecule has 0 radical (unpaired) electrons.